The molecule has 1 saturated heterocycles. The molecular weight excluding hydrogens is 264 g/mol. The van der Waals surface area contributed by atoms with Crippen LogP contribution in [-0.4, -0.2) is 74.7 Å². The van der Waals surface area contributed by atoms with Gasteiger partial charge in [-0.1, -0.05) is 4.65 Å². The highest BCUT2D eigenvalue weighted by molar-refractivity contribution is 4.45. The quantitative estimate of drug-likeness (QED) is 0.706. The van der Waals surface area contributed by atoms with Crippen LogP contribution in [-0.2, 0) is 19.6 Å². The molecule has 0 N–H and O–H groups in total. The molecule has 1 aliphatic rings. The Bertz CT molecular complexity index is 388. The zero-order valence-corrected chi connectivity index (χ0v) is 13.4. The van der Waals surface area contributed by atoms with E-state index in [-0.39, 0.29) is 25.6 Å². The largest absolute Gasteiger partial charge is 0.274 e. The van der Waals surface area contributed by atoms with E-state index in [2.05, 4.69) is 13.2 Å². The van der Waals surface area contributed by atoms with Crippen LogP contribution in [0, 0.1) is 0 Å². The Morgan fingerprint density at radius 3 is 1.90 bits per heavy atom. The topological polar surface area (TPSA) is 36.9 Å². The molecule has 0 aromatic carbocycles. The average molecular weight is 292 g/mol. The van der Waals surface area contributed by atoms with Crippen molar-refractivity contribution in [3.05, 3.63) is 25.6 Å². The molecule has 2 unspecified atom stereocenters. The van der Waals surface area contributed by atoms with Crippen molar-refractivity contribution in [2.24, 2.45) is 0 Å². The van der Waals surface area contributed by atoms with Gasteiger partial charge in [0.2, 0.25) is 13.5 Å². The number of rotatable bonds is 2. The molecular formula is C12H28N4O4+4. The molecule has 0 aromatic rings. The fourth-order valence-corrected chi connectivity index (χ4v) is 1.95. The second-order valence-electron chi connectivity index (χ2n) is 5.98. The van der Waals surface area contributed by atoms with Crippen molar-refractivity contribution in [1.82, 2.24) is 0 Å². The third kappa shape index (κ3) is 4.62. The maximum absolute atomic E-state index is 5.88. The third-order valence-corrected chi connectivity index (χ3v) is 2.59. The molecule has 1 aliphatic heterocycles. The van der Waals surface area contributed by atoms with Gasteiger partial charge < -0.3 is 0 Å². The minimum atomic E-state index is -0.305. The Labute approximate surface area is 120 Å². The summed E-state index contributed by atoms with van der Waals surface area (Å²) in [6, 6.07) is 0. The second kappa shape index (κ2) is 5.51. The van der Waals surface area contributed by atoms with Gasteiger partial charge in [-0.05, 0) is 13.2 Å². The number of nitrogens with zero attached hydrogens (tertiary/aromatic N) is 4. The monoisotopic (exact) mass is 292 g/mol. The van der Waals surface area contributed by atoms with Crippen LogP contribution in [0.1, 0.15) is 0 Å². The SMILES string of the molecule is C=C[N+]1(C)COC[N+](C)(C)O[N+](C)(C=C)O[N+](C)(C)O1. The highest BCUT2D eigenvalue weighted by Gasteiger charge is 2.49. The molecule has 1 fully saturated rings. The number of quaternary nitrogens is 4. The van der Waals surface area contributed by atoms with Gasteiger partial charge >= 0.3 is 0 Å². The minimum absolute atomic E-state index is 0.0319. The van der Waals surface area contributed by atoms with Crippen LogP contribution in [0.25, 0.3) is 0 Å². The number of hydrogen-bond acceptors (Lipinski definition) is 4. The molecule has 0 saturated carbocycles. The van der Waals surface area contributed by atoms with Gasteiger partial charge in [0.25, 0.3) is 0 Å². The summed E-state index contributed by atoms with van der Waals surface area (Å²) in [6.07, 6.45) is 3.17. The Morgan fingerprint density at radius 1 is 0.800 bits per heavy atom. The van der Waals surface area contributed by atoms with E-state index in [4.69, 9.17) is 19.6 Å². The predicted molar refractivity (Wildman–Crippen MR) is 71.1 cm³/mol. The highest BCUT2D eigenvalue weighted by Crippen LogP contribution is 2.23. The molecule has 0 aromatic heterocycles. The van der Waals surface area contributed by atoms with Gasteiger partial charge in [-0.2, -0.15) is 0 Å². The van der Waals surface area contributed by atoms with Crippen molar-refractivity contribution in [2.75, 3.05) is 55.7 Å². The third-order valence-electron chi connectivity index (χ3n) is 2.59. The maximum Gasteiger partial charge on any atom is 0.227 e. The van der Waals surface area contributed by atoms with Gasteiger partial charge in [0, 0.05) is 9.88 Å². The van der Waals surface area contributed by atoms with Crippen LogP contribution in [0.3, 0.4) is 0 Å². The van der Waals surface area contributed by atoms with E-state index in [1.165, 1.54) is 6.20 Å². The number of hydrogen-bond donors (Lipinski definition) is 0. The van der Waals surface area contributed by atoms with Gasteiger partial charge in [-0.25, -0.2) is 0 Å². The average Bonchev–Trinajstić information content (AvgIpc) is 2.25. The maximum atomic E-state index is 5.88. The summed E-state index contributed by atoms with van der Waals surface area (Å²) in [5.41, 5.74) is 0. The Kier molecular flexibility index (Phi) is 4.74. The molecule has 116 valence electrons. The molecule has 8 heteroatoms. The van der Waals surface area contributed by atoms with Crippen LogP contribution in [0.4, 0.5) is 0 Å². The first-order valence-electron chi connectivity index (χ1n) is 6.32. The summed E-state index contributed by atoms with van der Waals surface area (Å²) in [5, 5.41) is 0. The minimum Gasteiger partial charge on any atom is -0.274 e. The van der Waals surface area contributed by atoms with E-state index in [1.807, 2.05) is 21.1 Å². The summed E-state index contributed by atoms with van der Waals surface area (Å²) in [6.45, 7) is 8.14. The molecule has 1 heterocycles. The molecule has 0 amide bonds. The standard InChI is InChI=1S/C12H28N4O4/c1-9-15(7)12-17-11-13(3,4)18-16(8,10-2)20-14(5,6)19-15/h9-10H,1-2,11-12H2,3-8H3/q+4. The van der Waals surface area contributed by atoms with Crippen LogP contribution in [0.15, 0.2) is 25.6 Å². The first kappa shape index (κ1) is 17.2. The molecule has 0 bridgehead atoms. The zero-order chi connectivity index (χ0) is 15.7. The predicted octanol–water partition coefficient (Wildman–Crippen LogP) is 0.804. The van der Waals surface area contributed by atoms with Crippen LogP contribution in [0.5, 0.6) is 0 Å². The molecule has 0 aliphatic carbocycles. The van der Waals surface area contributed by atoms with E-state index in [0.29, 0.717) is 6.73 Å². The van der Waals surface area contributed by atoms with Crippen LogP contribution >= 0.6 is 0 Å². The van der Waals surface area contributed by atoms with Crippen molar-refractivity contribution >= 4 is 0 Å². The summed E-state index contributed by atoms with van der Waals surface area (Å²) < 4.78 is 5.85. The Balaban J connectivity index is 3.10. The number of hydroxylamine groups is 14. The lowest BCUT2D eigenvalue weighted by atomic mass is 10.8. The van der Waals surface area contributed by atoms with Crippen LogP contribution in [0.2, 0.25) is 0 Å². The Hall–Kier alpha value is -0.840. The lowest BCUT2D eigenvalue weighted by Gasteiger charge is -2.37. The molecule has 0 radical (unpaired) electrons. The van der Waals surface area contributed by atoms with Gasteiger partial charge in [-0.3, -0.25) is 4.74 Å². The van der Waals surface area contributed by atoms with Crippen LogP contribution < -0.4 is 0 Å². The van der Waals surface area contributed by atoms with Gasteiger partial charge in [0.15, 0.2) is 6.20 Å². The van der Waals surface area contributed by atoms with Crippen molar-refractivity contribution in [3.63, 3.8) is 0 Å². The van der Waals surface area contributed by atoms with Crippen molar-refractivity contribution in [1.29, 1.82) is 0 Å². The Morgan fingerprint density at radius 2 is 1.40 bits per heavy atom. The van der Waals surface area contributed by atoms with E-state index in [1.54, 1.807) is 27.3 Å². The highest BCUT2D eigenvalue weighted by atomic mass is 17.2. The summed E-state index contributed by atoms with van der Waals surface area (Å²) in [5.74, 6) is 0. The molecule has 8 nitrogen and oxygen atoms in total. The van der Waals surface area contributed by atoms with E-state index >= 15 is 0 Å². The van der Waals surface area contributed by atoms with Crippen molar-refractivity contribution < 1.29 is 38.5 Å². The lowest BCUT2D eigenvalue weighted by Crippen LogP contribution is -2.63. The van der Waals surface area contributed by atoms with Gasteiger partial charge in [0.05, 0.1) is 14.6 Å². The summed E-state index contributed by atoms with van der Waals surface area (Å²) >= 11 is 0. The molecule has 0 spiro atoms. The normalized spacial score (nSPS) is 37.9. The van der Waals surface area contributed by atoms with Gasteiger partial charge in [-0.15, -0.1) is 4.65 Å². The van der Waals surface area contributed by atoms with E-state index < -0.39 is 0 Å². The fourth-order valence-electron chi connectivity index (χ4n) is 1.95. The van der Waals surface area contributed by atoms with Gasteiger partial charge in [0.1, 0.15) is 48.5 Å². The fraction of sp³-hybridized carbons (Fsp3) is 0.667. The van der Waals surface area contributed by atoms with E-state index in [9.17, 15) is 0 Å². The van der Waals surface area contributed by atoms with Crippen molar-refractivity contribution in [3.8, 4) is 0 Å². The summed E-state index contributed by atoms with van der Waals surface area (Å²) in [7, 11) is 10.8. The lowest BCUT2D eigenvalue weighted by molar-refractivity contribution is -1.54. The molecule has 2 atom stereocenters. The van der Waals surface area contributed by atoms with E-state index in [0.717, 1.165) is 0 Å². The second-order valence-corrected chi connectivity index (χ2v) is 5.98. The smallest absolute Gasteiger partial charge is 0.227 e. The molecule has 20 heavy (non-hydrogen) atoms. The first-order valence-corrected chi connectivity index (χ1v) is 6.32. The first-order chi connectivity index (χ1) is 8.95. The number of ether oxygens (including phenoxy) is 1. The van der Waals surface area contributed by atoms with Crippen molar-refractivity contribution in [2.45, 2.75) is 0 Å². The zero-order valence-electron chi connectivity index (χ0n) is 13.4. The molecule has 1 rings (SSSR count). The summed E-state index contributed by atoms with van der Waals surface area (Å²) in [4.78, 5) is 17.1.